The van der Waals surface area contributed by atoms with E-state index in [1.54, 1.807) is 4.90 Å². The summed E-state index contributed by atoms with van der Waals surface area (Å²) in [6.07, 6.45) is 7.21. The van der Waals surface area contributed by atoms with Crippen LogP contribution in [0, 0.1) is 5.92 Å². The molecule has 0 spiro atoms. The number of ether oxygens (including phenoxy) is 1. The van der Waals surface area contributed by atoms with Crippen LogP contribution in [0.5, 0.6) is 5.75 Å². The van der Waals surface area contributed by atoms with Crippen LogP contribution in [-0.2, 0) is 16.1 Å². The number of carbonyl (C=O) groups excluding carboxylic acids is 2. The minimum Gasteiger partial charge on any atom is -0.491 e. The van der Waals surface area contributed by atoms with Gasteiger partial charge in [-0.1, -0.05) is 30.4 Å². The third-order valence-electron chi connectivity index (χ3n) is 4.53. The highest BCUT2D eigenvalue weighted by Crippen LogP contribution is 2.22. The third kappa shape index (κ3) is 4.37. The molecule has 0 aromatic heterocycles. The molecule has 2 amide bonds. The van der Waals surface area contributed by atoms with Gasteiger partial charge in [0.05, 0.1) is 6.54 Å². The summed E-state index contributed by atoms with van der Waals surface area (Å²) in [7, 11) is 0. The average molecular weight is 328 g/mol. The first-order chi connectivity index (χ1) is 11.7. The van der Waals surface area contributed by atoms with Gasteiger partial charge in [0.25, 0.3) is 0 Å². The van der Waals surface area contributed by atoms with Gasteiger partial charge < -0.3 is 15.0 Å². The topological polar surface area (TPSA) is 58.6 Å². The molecule has 1 atom stereocenters. The fraction of sp³-hybridized carbons (Fsp3) is 0.474. The number of amides is 2. The molecule has 2 aliphatic rings. The van der Waals surface area contributed by atoms with Crippen molar-refractivity contribution in [3.63, 3.8) is 0 Å². The number of hydrogen-bond acceptors (Lipinski definition) is 3. The summed E-state index contributed by atoms with van der Waals surface area (Å²) in [5, 5.41) is 2.86. The van der Waals surface area contributed by atoms with Crippen molar-refractivity contribution >= 4 is 11.8 Å². The number of nitrogens with one attached hydrogen (secondary N) is 1. The smallest absolute Gasteiger partial charge is 0.224 e. The number of para-hydroxylation sites is 1. The molecule has 0 fully saturated rings. The molecule has 1 heterocycles. The molecule has 0 saturated heterocycles. The van der Waals surface area contributed by atoms with Crippen LogP contribution in [0.1, 0.15) is 31.2 Å². The van der Waals surface area contributed by atoms with Crippen molar-refractivity contribution in [1.29, 1.82) is 0 Å². The van der Waals surface area contributed by atoms with Crippen LogP contribution in [0.15, 0.2) is 36.4 Å². The molecule has 5 heteroatoms. The van der Waals surface area contributed by atoms with Gasteiger partial charge in [0, 0.05) is 31.5 Å². The molecule has 0 unspecified atom stereocenters. The molecular weight excluding hydrogens is 304 g/mol. The number of allylic oxidation sites excluding steroid dienone is 2. The molecule has 1 aliphatic carbocycles. The van der Waals surface area contributed by atoms with E-state index in [1.807, 2.05) is 24.3 Å². The first-order valence-electron chi connectivity index (χ1n) is 8.64. The highest BCUT2D eigenvalue weighted by Gasteiger charge is 2.19. The first-order valence-corrected chi connectivity index (χ1v) is 8.64. The zero-order valence-corrected chi connectivity index (χ0v) is 13.9. The Hall–Kier alpha value is -2.30. The van der Waals surface area contributed by atoms with Gasteiger partial charge in [0.1, 0.15) is 12.4 Å². The van der Waals surface area contributed by atoms with Crippen LogP contribution in [0.2, 0.25) is 0 Å². The highest BCUT2D eigenvalue weighted by atomic mass is 16.5. The van der Waals surface area contributed by atoms with Gasteiger partial charge in [0.2, 0.25) is 11.8 Å². The Balaban J connectivity index is 1.43. The minimum atomic E-state index is 0.0314. The summed E-state index contributed by atoms with van der Waals surface area (Å²) in [6.45, 7) is 2.04. The van der Waals surface area contributed by atoms with Gasteiger partial charge in [-0.3, -0.25) is 9.59 Å². The van der Waals surface area contributed by atoms with Crippen LogP contribution in [0.3, 0.4) is 0 Å². The lowest BCUT2D eigenvalue weighted by atomic mass is 10.1. The lowest BCUT2D eigenvalue weighted by molar-refractivity contribution is -0.132. The van der Waals surface area contributed by atoms with E-state index in [9.17, 15) is 9.59 Å². The molecule has 1 N–H and O–H groups in total. The van der Waals surface area contributed by atoms with Crippen molar-refractivity contribution in [2.75, 3.05) is 19.7 Å². The highest BCUT2D eigenvalue weighted by molar-refractivity contribution is 5.79. The molecule has 1 aromatic rings. The van der Waals surface area contributed by atoms with Gasteiger partial charge in [-0.25, -0.2) is 0 Å². The largest absolute Gasteiger partial charge is 0.491 e. The summed E-state index contributed by atoms with van der Waals surface area (Å²) in [4.78, 5) is 26.1. The number of carbonyl (C=O) groups is 2. The van der Waals surface area contributed by atoms with Crippen molar-refractivity contribution < 1.29 is 14.3 Å². The van der Waals surface area contributed by atoms with E-state index >= 15 is 0 Å². The molecule has 5 nitrogen and oxygen atoms in total. The molecule has 1 aliphatic heterocycles. The van der Waals surface area contributed by atoms with Crippen LogP contribution in [-0.4, -0.2) is 36.4 Å². The van der Waals surface area contributed by atoms with Crippen molar-refractivity contribution in [1.82, 2.24) is 10.2 Å². The number of hydrogen-bond donors (Lipinski definition) is 1. The van der Waals surface area contributed by atoms with Gasteiger partial charge in [-0.2, -0.15) is 0 Å². The van der Waals surface area contributed by atoms with E-state index in [-0.39, 0.29) is 11.8 Å². The second kappa shape index (κ2) is 7.99. The fourth-order valence-electron chi connectivity index (χ4n) is 3.18. The summed E-state index contributed by atoms with van der Waals surface area (Å²) in [6, 6.07) is 7.80. The molecule has 24 heavy (non-hydrogen) atoms. The van der Waals surface area contributed by atoms with Crippen LogP contribution in [0.25, 0.3) is 0 Å². The Morgan fingerprint density at radius 3 is 3.00 bits per heavy atom. The minimum absolute atomic E-state index is 0.0314. The molecule has 0 radical (unpaired) electrons. The molecule has 3 rings (SSSR count). The predicted molar refractivity (Wildman–Crippen MR) is 91.5 cm³/mol. The normalized spacial score (nSPS) is 19.3. The van der Waals surface area contributed by atoms with E-state index in [4.69, 9.17) is 4.74 Å². The number of nitrogens with zero attached hydrogens (tertiary/aromatic N) is 1. The van der Waals surface area contributed by atoms with Gasteiger partial charge in [-0.05, 0) is 24.8 Å². The quantitative estimate of drug-likeness (QED) is 0.844. The molecular formula is C19H24N2O3. The van der Waals surface area contributed by atoms with Crippen molar-refractivity contribution in [3.8, 4) is 5.75 Å². The van der Waals surface area contributed by atoms with Gasteiger partial charge in [0.15, 0.2) is 0 Å². The van der Waals surface area contributed by atoms with E-state index in [0.717, 1.165) is 24.2 Å². The average Bonchev–Trinajstić information content (AvgIpc) is 2.98. The predicted octanol–water partition coefficient (Wildman–Crippen LogP) is 2.27. The van der Waals surface area contributed by atoms with Crippen molar-refractivity contribution in [2.45, 2.75) is 32.2 Å². The summed E-state index contributed by atoms with van der Waals surface area (Å²) < 4.78 is 5.68. The summed E-state index contributed by atoms with van der Waals surface area (Å²) in [5.41, 5.74) is 1.03. The summed E-state index contributed by atoms with van der Waals surface area (Å²) in [5.74, 6) is 1.30. The standard InChI is InChI=1S/C19H24N2O3/c22-18(13-15-5-1-2-6-15)20-10-9-19(23)21-11-12-24-17-8-4-3-7-16(17)14-21/h1,3-5,7-8,15H,2,6,9-14H2,(H,20,22)/t15-/m0/s1. The Morgan fingerprint density at radius 2 is 2.17 bits per heavy atom. The number of fused-ring (bicyclic) bond motifs is 1. The molecule has 0 saturated carbocycles. The molecule has 128 valence electrons. The summed E-state index contributed by atoms with van der Waals surface area (Å²) >= 11 is 0. The van der Waals surface area contributed by atoms with Crippen LogP contribution in [0.4, 0.5) is 0 Å². The molecule has 0 bridgehead atoms. The third-order valence-corrected chi connectivity index (χ3v) is 4.53. The van der Waals surface area contributed by atoms with Gasteiger partial charge >= 0.3 is 0 Å². The van der Waals surface area contributed by atoms with E-state index < -0.39 is 0 Å². The van der Waals surface area contributed by atoms with Crippen molar-refractivity contribution in [2.24, 2.45) is 5.92 Å². The van der Waals surface area contributed by atoms with Crippen molar-refractivity contribution in [3.05, 3.63) is 42.0 Å². The number of benzene rings is 1. The maximum atomic E-state index is 12.4. The second-order valence-corrected chi connectivity index (χ2v) is 6.34. The number of rotatable bonds is 5. The monoisotopic (exact) mass is 328 g/mol. The van der Waals surface area contributed by atoms with Gasteiger partial charge in [-0.15, -0.1) is 0 Å². The first kappa shape index (κ1) is 16.6. The van der Waals surface area contributed by atoms with E-state index in [2.05, 4.69) is 17.5 Å². The Bertz CT molecular complexity index is 627. The van der Waals surface area contributed by atoms with E-state index in [0.29, 0.717) is 45.0 Å². The molecule has 1 aromatic carbocycles. The van der Waals surface area contributed by atoms with E-state index in [1.165, 1.54) is 0 Å². The van der Waals surface area contributed by atoms with Crippen LogP contribution < -0.4 is 10.1 Å². The maximum Gasteiger partial charge on any atom is 0.224 e. The Morgan fingerprint density at radius 1 is 1.29 bits per heavy atom. The lowest BCUT2D eigenvalue weighted by Gasteiger charge is -2.20. The second-order valence-electron chi connectivity index (χ2n) is 6.34. The lowest BCUT2D eigenvalue weighted by Crippen LogP contribution is -2.35. The van der Waals surface area contributed by atoms with Crippen LogP contribution >= 0.6 is 0 Å². The SMILES string of the molecule is O=C(C[C@H]1C=CCC1)NCCC(=O)N1CCOc2ccccc2C1. The Labute approximate surface area is 142 Å². The maximum absolute atomic E-state index is 12.4. The zero-order chi connectivity index (χ0) is 16.8. The fourth-order valence-corrected chi connectivity index (χ4v) is 3.18. The Kier molecular flexibility index (Phi) is 5.51. The zero-order valence-electron chi connectivity index (χ0n) is 13.9.